The van der Waals surface area contributed by atoms with Crippen molar-refractivity contribution in [2.45, 2.75) is 30.5 Å². The van der Waals surface area contributed by atoms with E-state index in [0.717, 1.165) is 43.4 Å². The number of benzene rings is 2. The molecule has 0 saturated heterocycles. The largest absolute Gasteiger partial charge is 0.497 e. The van der Waals surface area contributed by atoms with Crippen LogP contribution in [0, 0.1) is 6.92 Å². The number of hydrogen-bond acceptors (Lipinski definition) is 6. The highest BCUT2D eigenvalue weighted by molar-refractivity contribution is 8.00. The van der Waals surface area contributed by atoms with Gasteiger partial charge in [0.1, 0.15) is 21.9 Å². The van der Waals surface area contributed by atoms with Gasteiger partial charge in [0.25, 0.3) is 0 Å². The number of nitrogens with one attached hydrogen (secondary N) is 1. The van der Waals surface area contributed by atoms with Gasteiger partial charge in [0.05, 0.1) is 17.7 Å². The first kappa shape index (κ1) is 21.3. The van der Waals surface area contributed by atoms with Gasteiger partial charge in [0.2, 0.25) is 5.91 Å². The second kappa shape index (κ2) is 9.49. The van der Waals surface area contributed by atoms with Gasteiger partial charge in [-0.05, 0) is 48.7 Å². The first-order valence-electron chi connectivity index (χ1n) is 10.00. The minimum atomic E-state index is -0.262. The van der Waals surface area contributed by atoms with E-state index in [1.807, 2.05) is 62.4 Å². The number of ether oxygens (including phenoxy) is 1. The fourth-order valence-corrected chi connectivity index (χ4v) is 5.34. The molecule has 0 aliphatic heterocycles. The molecule has 2 aromatic heterocycles. The Labute approximate surface area is 189 Å². The average molecular weight is 450 g/mol. The van der Waals surface area contributed by atoms with E-state index in [2.05, 4.69) is 20.7 Å². The molecule has 0 fully saturated rings. The van der Waals surface area contributed by atoms with E-state index in [1.165, 1.54) is 11.8 Å². The molecule has 1 atom stereocenters. The van der Waals surface area contributed by atoms with Crippen molar-refractivity contribution in [1.82, 2.24) is 9.97 Å². The summed E-state index contributed by atoms with van der Waals surface area (Å²) in [4.78, 5) is 22.9. The van der Waals surface area contributed by atoms with Crippen LogP contribution in [0.15, 0.2) is 65.3 Å². The Bertz CT molecular complexity index is 1210. The number of amides is 1. The molecule has 0 aliphatic rings. The molecule has 0 aliphatic carbocycles. The first-order chi connectivity index (χ1) is 15.1. The van der Waals surface area contributed by atoms with E-state index < -0.39 is 0 Å². The monoisotopic (exact) mass is 449 g/mol. The Morgan fingerprint density at radius 3 is 2.71 bits per heavy atom. The van der Waals surface area contributed by atoms with E-state index in [-0.39, 0.29) is 11.2 Å². The summed E-state index contributed by atoms with van der Waals surface area (Å²) in [5, 5.41) is 6.69. The molecule has 0 spiro atoms. The molecule has 0 saturated carbocycles. The maximum Gasteiger partial charge on any atom is 0.237 e. The molecule has 0 radical (unpaired) electrons. The van der Waals surface area contributed by atoms with Crippen molar-refractivity contribution >= 4 is 44.9 Å². The number of methoxy groups -OCH3 is 1. The Balaban J connectivity index is 1.63. The average Bonchev–Trinajstić information content (AvgIpc) is 3.22. The lowest BCUT2D eigenvalue weighted by atomic mass is 10.1. The second-order valence-electron chi connectivity index (χ2n) is 7.11. The molecule has 4 rings (SSSR count). The number of aryl methyl sites for hydroxylation is 1. The van der Waals surface area contributed by atoms with Crippen LogP contribution in [0.2, 0.25) is 0 Å². The zero-order valence-electron chi connectivity index (χ0n) is 17.6. The van der Waals surface area contributed by atoms with Gasteiger partial charge >= 0.3 is 0 Å². The summed E-state index contributed by atoms with van der Waals surface area (Å²) in [7, 11) is 1.66. The Morgan fingerprint density at radius 2 is 2.00 bits per heavy atom. The third-order valence-electron chi connectivity index (χ3n) is 4.94. The molecule has 5 nitrogen and oxygen atoms in total. The lowest BCUT2D eigenvalue weighted by molar-refractivity contribution is -0.115. The van der Waals surface area contributed by atoms with Crippen LogP contribution in [0.4, 0.5) is 5.69 Å². The number of carbonyl (C=O) groups is 1. The zero-order chi connectivity index (χ0) is 21.8. The summed E-state index contributed by atoms with van der Waals surface area (Å²) in [6.45, 7) is 4.03. The molecule has 7 heteroatoms. The minimum absolute atomic E-state index is 0.0221. The third-order valence-corrected chi connectivity index (χ3v) is 7.19. The Kier molecular flexibility index (Phi) is 6.53. The first-order valence-corrected chi connectivity index (χ1v) is 11.8. The highest BCUT2D eigenvalue weighted by atomic mass is 32.2. The molecule has 2 heterocycles. The molecule has 31 heavy (non-hydrogen) atoms. The topological polar surface area (TPSA) is 64.1 Å². The summed E-state index contributed by atoms with van der Waals surface area (Å²) in [5.41, 5.74) is 4.06. The molecule has 1 amide bonds. The van der Waals surface area contributed by atoms with Gasteiger partial charge in [-0.1, -0.05) is 43.0 Å². The van der Waals surface area contributed by atoms with Crippen molar-refractivity contribution in [3.8, 4) is 16.9 Å². The van der Waals surface area contributed by atoms with Crippen molar-refractivity contribution in [3.05, 3.63) is 65.8 Å². The maximum atomic E-state index is 13.0. The SMILES string of the molecule is CCC(Sc1ncnc2scc(-c3ccc(OC)cc3)c12)C(=O)Nc1cccc(C)c1. The van der Waals surface area contributed by atoms with E-state index in [1.54, 1.807) is 24.8 Å². The number of fused-ring (bicyclic) bond motifs is 1. The van der Waals surface area contributed by atoms with Crippen LogP contribution in [-0.4, -0.2) is 28.2 Å². The predicted octanol–water partition coefficient (Wildman–Crippen LogP) is 6.18. The molecular weight excluding hydrogens is 426 g/mol. The van der Waals surface area contributed by atoms with Crippen LogP contribution in [-0.2, 0) is 4.79 Å². The fraction of sp³-hybridized carbons (Fsp3) is 0.208. The second-order valence-corrected chi connectivity index (χ2v) is 9.16. The van der Waals surface area contributed by atoms with Crippen molar-refractivity contribution in [3.63, 3.8) is 0 Å². The van der Waals surface area contributed by atoms with Crippen LogP contribution in [0.1, 0.15) is 18.9 Å². The summed E-state index contributed by atoms with van der Waals surface area (Å²) in [5.74, 6) is 0.791. The molecule has 1 unspecified atom stereocenters. The van der Waals surface area contributed by atoms with Gasteiger partial charge < -0.3 is 10.1 Å². The van der Waals surface area contributed by atoms with E-state index in [0.29, 0.717) is 6.42 Å². The normalized spacial score (nSPS) is 12.0. The molecular formula is C24H23N3O2S2. The summed E-state index contributed by atoms with van der Waals surface area (Å²) >= 11 is 3.07. The van der Waals surface area contributed by atoms with Crippen molar-refractivity contribution in [2.75, 3.05) is 12.4 Å². The number of carbonyl (C=O) groups excluding carboxylic acids is 1. The van der Waals surface area contributed by atoms with Gasteiger partial charge in [0.15, 0.2) is 0 Å². The van der Waals surface area contributed by atoms with Crippen LogP contribution in [0.5, 0.6) is 5.75 Å². The standard InChI is InChI=1S/C24H23N3O2S2/c1-4-20(22(28)27-17-7-5-6-15(2)12-17)31-24-21-19(13-30-23(21)25-14-26-24)16-8-10-18(29-3)11-9-16/h5-14,20H,4H2,1-3H3,(H,27,28). The third kappa shape index (κ3) is 4.73. The van der Waals surface area contributed by atoms with Crippen LogP contribution in [0.25, 0.3) is 21.3 Å². The molecule has 0 bridgehead atoms. The van der Waals surface area contributed by atoms with Gasteiger partial charge in [-0.15, -0.1) is 11.3 Å². The number of anilines is 1. The van der Waals surface area contributed by atoms with E-state index >= 15 is 0 Å². The number of hydrogen-bond donors (Lipinski definition) is 1. The fourth-order valence-electron chi connectivity index (χ4n) is 3.32. The Morgan fingerprint density at radius 1 is 1.19 bits per heavy atom. The number of nitrogens with zero attached hydrogens (tertiary/aromatic N) is 2. The lowest BCUT2D eigenvalue weighted by Gasteiger charge is -2.15. The minimum Gasteiger partial charge on any atom is -0.497 e. The molecule has 158 valence electrons. The highest BCUT2D eigenvalue weighted by Gasteiger charge is 2.22. The molecule has 4 aromatic rings. The van der Waals surface area contributed by atoms with Crippen molar-refractivity contribution in [1.29, 1.82) is 0 Å². The summed E-state index contributed by atoms with van der Waals surface area (Å²) in [6.07, 6.45) is 2.26. The van der Waals surface area contributed by atoms with Crippen LogP contribution in [0.3, 0.4) is 0 Å². The number of thioether (sulfide) groups is 1. The molecule has 1 N–H and O–H groups in total. The van der Waals surface area contributed by atoms with Gasteiger partial charge in [-0.3, -0.25) is 4.79 Å². The smallest absolute Gasteiger partial charge is 0.237 e. The van der Waals surface area contributed by atoms with Crippen molar-refractivity contribution in [2.24, 2.45) is 0 Å². The van der Waals surface area contributed by atoms with E-state index in [4.69, 9.17) is 4.74 Å². The number of aromatic nitrogens is 2. The number of thiophene rings is 1. The van der Waals surface area contributed by atoms with Gasteiger partial charge in [-0.2, -0.15) is 0 Å². The molecule has 2 aromatic carbocycles. The van der Waals surface area contributed by atoms with Crippen molar-refractivity contribution < 1.29 is 9.53 Å². The van der Waals surface area contributed by atoms with Gasteiger partial charge in [0, 0.05) is 16.6 Å². The summed E-state index contributed by atoms with van der Waals surface area (Å²) in [6, 6.07) is 15.8. The summed E-state index contributed by atoms with van der Waals surface area (Å²) < 4.78 is 5.28. The van der Waals surface area contributed by atoms with Gasteiger partial charge in [-0.25, -0.2) is 9.97 Å². The quantitative estimate of drug-likeness (QED) is 0.269. The predicted molar refractivity (Wildman–Crippen MR) is 129 cm³/mol. The van der Waals surface area contributed by atoms with Crippen LogP contribution < -0.4 is 10.1 Å². The van der Waals surface area contributed by atoms with Crippen LogP contribution >= 0.6 is 23.1 Å². The Hall–Kier alpha value is -2.90. The highest BCUT2D eigenvalue weighted by Crippen LogP contribution is 2.40. The zero-order valence-corrected chi connectivity index (χ0v) is 19.2. The lowest BCUT2D eigenvalue weighted by Crippen LogP contribution is -2.24. The number of rotatable bonds is 7. The maximum absolute atomic E-state index is 13.0. The van der Waals surface area contributed by atoms with E-state index in [9.17, 15) is 4.79 Å².